The van der Waals surface area contributed by atoms with Crippen LogP contribution in [0.2, 0.25) is 0 Å². The van der Waals surface area contributed by atoms with E-state index in [1.807, 2.05) is 4.90 Å². The molecule has 0 aliphatic carbocycles. The number of nitrogens with two attached hydrogens (primary N) is 2. The highest BCUT2D eigenvalue weighted by Gasteiger charge is 2.32. The van der Waals surface area contributed by atoms with Crippen molar-refractivity contribution in [2.75, 3.05) is 13.1 Å². The number of halogens is 4. The first kappa shape index (κ1) is 18.8. The molecule has 4 N–H and O–H groups in total. The molecule has 1 aromatic rings. The van der Waals surface area contributed by atoms with Crippen LogP contribution in [0.5, 0.6) is 5.75 Å². The van der Waals surface area contributed by atoms with E-state index in [1.165, 1.54) is 0 Å². The zero-order chi connectivity index (χ0) is 18.6. The highest BCUT2D eigenvalue weighted by molar-refractivity contribution is 5.94. The molecule has 1 aliphatic heterocycles. The van der Waals surface area contributed by atoms with Gasteiger partial charge in [-0.3, -0.25) is 0 Å². The van der Waals surface area contributed by atoms with Gasteiger partial charge in [-0.2, -0.15) is 4.99 Å². The first-order chi connectivity index (χ1) is 11.6. The maximum Gasteiger partial charge on any atom is 0.573 e. The van der Waals surface area contributed by atoms with Crippen molar-refractivity contribution in [3.8, 4) is 5.75 Å². The van der Waals surface area contributed by atoms with Crippen molar-refractivity contribution < 1.29 is 22.3 Å². The molecule has 0 unspecified atom stereocenters. The van der Waals surface area contributed by atoms with E-state index in [-0.39, 0.29) is 17.6 Å². The Labute approximate surface area is 142 Å². The van der Waals surface area contributed by atoms with Gasteiger partial charge in [-0.25, -0.2) is 9.38 Å². The highest BCUT2D eigenvalue weighted by atomic mass is 19.4. The van der Waals surface area contributed by atoms with Crippen LogP contribution in [0.3, 0.4) is 0 Å². The van der Waals surface area contributed by atoms with Gasteiger partial charge < -0.3 is 21.1 Å². The van der Waals surface area contributed by atoms with Gasteiger partial charge in [0, 0.05) is 19.2 Å². The van der Waals surface area contributed by atoms with Crippen molar-refractivity contribution in [3.05, 3.63) is 24.0 Å². The lowest BCUT2D eigenvalue weighted by Crippen LogP contribution is -2.43. The first-order valence-corrected chi connectivity index (χ1v) is 7.62. The van der Waals surface area contributed by atoms with Crippen LogP contribution in [0.15, 0.2) is 28.2 Å². The van der Waals surface area contributed by atoms with E-state index in [1.54, 1.807) is 0 Å². The molecular formula is C15H19F4N5O. The summed E-state index contributed by atoms with van der Waals surface area (Å²) >= 11 is 0. The molecule has 0 aromatic heterocycles. The predicted molar refractivity (Wildman–Crippen MR) is 86.0 cm³/mol. The van der Waals surface area contributed by atoms with Crippen LogP contribution >= 0.6 is 0 Å². The number of likely N-dealkylation sites (tertiary alicyclic amines) is 1. The number of hydrogen-bond donors (Lipinski definition) is 2. The Kier molecular flexibility index (Phi) is 5.70. The van der Waals surface area contributed by atoms with Crippen LogP contribution in [-0.4, -0.2) is 36.3 Å². The number of benzene rings is 1. The van der Waals surface area contributed by atoms with Gasteiger partial charge in [-0.15, -0.1) is 13.2 Å². The summed E-state index contributed by atoms with van der Waals surface area (Å²) in [6.07, 6.45) is -3.01. The van der Waals surface area contributed by atoms with E-state index in [4.69, 9.17) is 11.5 Å². The van der Waals surface area contributed by atoms with Gasteiger partial charge in [-0.05, 0) is 30.9 Å². The van der Waals surface area contributed by atoms with E-state index in [9.17, 15) is 17.6 Å². The summed E-state index contributed by atoms with van der Waals surface area (Å²) < 4.78 is 53.5. The van der Waals surface area contributed by atoms with Crippen molar-refractivity contribution in [1.29, 1.82) is 0 Å². The monoisotopic (exact) mass is 361 g/mol. The molecule has 0 amide bonds. The lowest BCUT2D eigenvalue weighted by atomic mass is 10.00. The third kappa shape index (κ3) is 5.80. The van der Waals surface area contributed by atoms with E-state index in [2.05, 4.69) is 21.6 Å². The quantitative estimate of drug-likeness (QED) is 0.482. The van der Waals surface area contributed by atoms with Crippen LogP contribution in [0.1, 0.15) is 19.8 Å². The molecule has 1 heterocycles. The van der Waals surface area contributed by atoms with Gasteiger partial charge in [0.25, 0.3) is 0 Å². The number of hydrogen-bond acceptors (Lipinski definition) is 2. The molecule has 0 spiro atoms. The van der Waals surface area contributed by atoms with Crippen molar-refractivity contribution in [3.63, 3.8) is 0 Å². The molecule has 1 saturated heterocycles. The number of guanidine groups is 2. The van der Waals surface area contributed by atoms with Crippen LogP contribution in [-0.2, 0) is 0 Å². The van der Waals surface area contributed by atoms with Gasteiger partial charge in [0.1, 0.15) is 0 Å². The van der Waals surface area contributed by atoms with Crippen molar-refractivity contribution in [1.82, 2.24) is 4.90 Å². The molecule has 0 radical (unpaired) electrons. The largest absolute Gasteiger partial charge is 0.573 e. The second kappa shape index (κ2) is 7.58. The molecule has 2 rings (SSSR count). The third-order valence-corrected chi connectivity index (χ3v) is 3.72. The minimum absolute atomic E-state index is 0.00617. The molecule has 1 aliphatic rings. The zero-order valence-electron chi connectivity index (χ0n) is 13.6. The van der Waals surface area contributed by atoms with Crippen LogP contribution in [0, 0.1) is 11.7 Å². The Morgan fingerprint density at radius 3 is 2.44 bits per heavy atom. The average Bonchev–Trinajstić information content (AvgIpc) is 2.49. The summed E-state index contributed by atoms with van der Waals surface area (Å²) in [7, 11) is 0. The third-order valence-electron chi connectivity index (χ3n) is 3.72. The van der Waals surface area contributed by atoms with Crippen LogP contribution < -0.4 is 16.2 Å². The fourth-order valence-electron chi connectivity index (χ4n) is 2.35. The molecule has 138 valence electrons. The number of rotatable bonds is 2. The minimum atomic E-state index is -4.98. The summed E-state index contributed by atoms with van der Waals surface area (Å²) in [6.45, 7) is 3.66. The van der Waals surface area contributed by atoms with Gasteiger partial charge in [0.2, 0.25) is 5.96 Å². The highest BCUT2D eigenvalue weighted by Crippen LogP contribution is 2.28. The zero-order valence-corrected chi connectivity index (χ0v) is 13.6. The summed E-state index contributed by atoms with van der Waals surface area (Å²) in [4.78, 5) is 9.64. The Bertz CT molecular complexity index is 666. The Balaban J connectivity index is 2.08. The van der Waals surface area contributed by atoms with Gasteiger partial charge in [0.15, 0.2) is 17.5 Å². The van der Waals surface area contributed by atoms with Crippen molar-refractivity contribution >= 4 is 17.6 Å². The predicted octanol–water partition coefficient (Wildman–Crippen LogP) is 2.72. The number of ether oxygens (including phenoxy) is 1. The molecule has 6 nitrogen and oxygen atoms in total. The Morgan fingerprint density at radius 1 is 1.24 bits per heavy atom. The first-order valence-electron chi connectivity index (χ1n) is 7.62. The number of nitrogens with zero attached hydrogens (tertiary/aromatic N) is 3. The fraction of sp³-hybridized carbons (Fsp3) is 0.467. The Morgan fingerprint density at radius 2 is 1.88 bits per heavy atom. The number of aliphatic imine (C=N–C) groups is 2. The topological polar surface area (TPSA) is 89.2 Å². The van der Waals surface area contributed by atoms with Crippen LogP contribution in [0.25, 0.3) is 0 Å². The van der Waals surface area contributed by atoms with Crippen molar-refractivity contribution in [2.24, 2.45) is 27.4 Å². The lowest BCUT2D eigenvalue weighted by Gasteiger charge is -2.30. The molecule has 25 heavy (non-hydrogen) atoms. The number of alkyl halides is 3. The molecule has 0 atom stereocenters. The summed E-state index contributed by atoms with van der Waals surface area (Å²) in [5.74, 6) is -1.56. The maximum atomic E-state index is 13.6. The second-order valence-electron chi connectivity index (χ2n) is 5.77. The SMILES string of the molecule is CC1CCN(C(N)=NC(N)=Nc2ccc(OC(F)(F)F)c(F)c2)CC1. The number of piperidine rings is 1. The standard InChI is InChI=1S/C15H19F4N5O/c1-9-4-6-24(7-5-9)14(21)23-13(20)22-10-2-3-12(11(16)8-10)25-15(17,18)19/h2-3,8-9H,4-7H2,1H3,(H4,20,21,22,23). The smallest absolute Gasteiger partial charge is 0.403 e. The van der Waals surface area contributed by atoms with Gasteiger partial charge in [0.05, 0.1) is 5.69 Å². The molecule has 10 heteroatoms. The Hall–Kier alpha value is -2.52. The van der Waals surface area contributed by atoms with E-state index < -0.39 is 17.9 Å². The minimum Gasteiger partial charge on any atom is -0.403 e. The second-order valence-corrected chi connectivity index (χ2v) is 5.77. The maximum absolute atomic E-state index is 13.6. The van der Waals surface area contributed by atoms with E-state index in [0.717, 1.165) is 44.1 Å². The molecule has 1 fully saturated rings. The molecule has 0 bridgehead atoms. The van der Waals surface area contributed by atoms with Gasteiger partial charge in [-0.1, -0.05) is 6.92 Å². The average molecular weight is 361 g/mol. The lowest BCUT2D eigenvalue weighted by molar-refractivity contribution is -0.275. The van der Waals surface area contributed by atoms with Gasteiger partial charge >= 0.3 is 6.36 Å². The summed E-state index contributed by atoms with van der Waals surface area (Å²) in [5, 5.41) is 0. The van der Waals surface area contributed by atoms with Crippen molar-refractivity contribution in [2.45, 2.75) is 26.1 Å². The molecule has 1 aromatic carbocycles. The fourth-order valence-corrected chi connectivity index (χ4v) is 2.35. The normalized spacial score (nSPS) is 17.7. The molecule has 0 saturated carbocycles. The molecular weight excluding hydrogens is 342 g/mol. The summed E-state index contributed by atoms with van der Waals surface area (Å²) in [5.41, 5.74) is 11.5. The van der Waals surface area contributed by atoms with Crippen LogP contribution in [0.4, 0.5) is 23.2 Å². The summed E-state index contributed by atoms with van der Waals surface area (Å²) in [6, 6.07) is 2.71. The van der Waals surface area contributed by atoms with E-state index in [0.29, 0.717) is 5.92 Å². The van der Waals surface area contributed by atoms with E-state index >= 15 is 0 Å².